The molecule has 1 aromatic heterocycles. The lowest BCUT2D eigenvalue weighted by molar-refractivity contribution is 0.293. The monoisotopic (exact) mass is 500 g/mol. The number of aromatic nitrogens is 1. The van der Waals surface area contributed by atoms with Gasteiger partial charge >= 0.3 is 0 Å². The van der Waals surface area contributed by atoms with E-state index >= 15 is 0 Å². The number of aryl methyl sites for hydroxylation is 2. The number of rotatable bonds is 6. The third kappa shape index (κ3) is 5.93. The summed E-state index contributed by atoms with van der Waals surface area (Å²) in [6.45, 7) is 0.955. The number of benzene rings is 2. The molecule has 3 N–H and O–H groups in total. The summed E-state index contributed by atoms with van der Waals surface area (Å²) in [6.07, 6.45) is 5.29. The van der Waals surface area contributed by atoms with Gasteiger partial charge in [-0.2, -0.15) is 0 Å². The molecule has 0 aliphatic heterocycles. The van der Waals surface area contributed by atoms with Crippen molar-refractivity contribution in [3.8, 4) is 5.88 Å². The third-order valence-corrected chi connectivity index (χ3v) is 4.83. The predicted octanol–water partition coefficient (Wildman–Crippen LogP) is 4.69. The smallest absolute Gasteiger partial charge is 0.213 e. The van der Waals surface area contributed by atoms with Crippen LogP contribution in [0.1, 0.15) is 28.7 Å². The maximum absolute atomic E-state index is 6.06. The van der Waals surface area contributed by atoms with E-state index < -0.39 is 0 Å². The topological polar surface area (TPSA) is 72.5 Å². The number of aliphatic imine (C=N–C) groups is 1. The Balaban J connectivity index is 0.00000240. The van der Waals surface area contributed by atoms with E-state index in [0.29, 0.717) is 25.0 Å². The van der Waals surface area contributed by atoms with Gasteiger partial charge in [-0.15, -0.1) is 24.0 Å². The first kappa shape index (κ1) is 21.1. The SMILES string of the molecule is I.NC(=NCc1ccnc(OCc2ccccc2)c1)Nc1ccc2c(c1)CCC2. The number of nitrogens with one attached hydrogen (secondary N) is 1. The number of halogens is 1. The lowest BCUT2D eigenvalue weighted by Gasteiger charge is -2.09. The number of nitrogens with two attached hydrogens (primary N) is 1. The molecule has 5 nitrogen and oxygen atoms in total. The minimum atomic E-state index is 0. The van der Waals surface area contributed by atoms with Gasteiger partial charge in [0.25, 0.3) is 0 Å². The molecule has 0 bridgehead atoms. The summed E-state index contributed by atoms with van der Waals surface area (Å²) in [5.74, 6) is 0.989. The molecular weight excluding hydrogens is 475 g/mol. The summed E-state index contributed by atoms with van der Waals surface area (Å²) in [4.78, 5) is 8.71. The van der Waals surface area contributed by atoms with Crippen molar-refractivity contribution in [2.45, 2.75) is 32.4 Å². The molecule has 1 heterocycles. The van der Waals surface area contributed by atoms with E-state index in [1.165, 1.54) is 24.0 Å². The first-order valence-electron chi connectivity index (χ1n) is 9.57. The first-order valence-corrected chi connectivity index (χ1v) is 9.57. The zero-order valence-corrected chi connectivity index (χ0v) is 18.5. The Bertz CT molecular complexity index is 976. The number of guanidine groups is 1. The fourth-order valence-electron chi connectivity index (χ4n) is 3.37. The number of hydrogen-bond donors (Lipinski definition) is 2. The molecule has 1 aliphatic rings. The van der Waals surface area contributed by atoms with Gasteiger partial charge in [-0.05, 0) is 59.7 Å². The summed E-state index contributed by atoms with van der Waals surface area (Å²) < 4.78 is 5.77. The van der Waals surface area contributed by atoms with E-state index in [1.54, 1.807) is 6.20 Å². The Labute approximate surface area is 188 Å². The largest absolute Gasteiger partial charge is 0.473 e. The van der Waals surface area contributed by atoms with Crippen LogP contribution in [-0.2, 0) is 26.0 Å². The second kappa shape index (κ2) is 10.2. The van der Waals surface area contributed by atoms with Gasteiger partial charge in [0.2, 0.25) is 5.88 Å². The van der Waals surface area contributed by atoms with Crippen LogP contribution in [-0.4, -0.2) is 10.9 Å². The summed E-state index contributed by atoms with van der Waals surface area (Å²) >= 11 is 0. The van der Waals surface area contributed by atoms with Gasteiger partial charge in [0.1, 0.15) is 6.61 Å². The van der Waals surface area contributed by atoms with Gasteiger partial charge in [0.05, 0.1) is 6.54 Å². The van der Waals surface area contributed by atoms with Gasteiger partial charge in [-0.1, -0.05) is 36.4 Å². The average molecular weight is 500 g/mol. The molecule has 0 radical (unpaired) electrons. The Hall–Kier alpha value is -2.61. The third-order valence-electron chi connectivity index (χ3n) is 4.83. The van der Waals surface area contributed by atoms with Crippen LogP contribution in [0.5, 0.6) is 5.88 Å². The molecule has 3 aromatic rings. The Morgan fingerprint density at radius 1 is 1.00 bits per heavy atom. The molecular formula is C23H25IN4O. The molecule has 0 spiro atoms. The number of anilines is 1. The predicted molar refractivity (Wildman–Crippen MR) is 128 cm³/mol. The number of ether oxygens (including phenoxy) is 1. The van der Waals surface area contributed by atoms with Gasteiger partial charge < -0.3 is 15.8 Å². The van der Waals surface area contributed by atoms with Gasteiger partial charge in [-0.3, -0.25) is 0 Å². The standard InChI is InChI=1S/C23H24N4O.HI/c24-23(27-21-10-9-19-7-4-8-20(19)14-21)26-15-18-11-12-25-22(13-18)28-16-17-5-2-1-3-6-17;/h1-3,5-6,9-14H,4,7-8,15-16H2,(H3,24,26,27);1H. The second-order valence-electron chi connectivity index (χ2n) is 6.94. The maximum atomic E-state index is 6.06. The van der Waals surface area contributed by atoms with E-state index in [2.05, 4.69) is 33.5 Å². The molecule has 0 unspecified atom stereocenters. The van der Waals surface area contributed by atoms with Crippen molar-refractivity contribution in [1.29, 1.82) is 0 Å². The van der Waals surface area contributed by atoms with Crippen molar-refractivity contribution < 1.29 is 4.74 Å². The number of pyridine rings is 1. The highest BCUT2D eigenvalue weighted by atomic mass is 127. The van der Waals surface area contributed by atoms with Crippen LogP contribution in [0.15, 0.2) is 71.9 Å². The van der Waals surface area contributed by atoms with Gasteiger partial charge in [0, 0.05) is 18.0 Å². The molecule has 6 heteroatoms. The van der Waals surface area contributed by atoms with Crippen LogP contribution >= 0.6 is 24.0 Å². The minimum Gasteiger partial charge on any atom is -0.473 e. The van der Waals surface area contributed by atoms with Crippen LogP contribution in [0.2, 0.25) is 0 Å². The summed E-state index contributed by atoms with van der Waals surface area (Å²) in [5.41, 5.74) is 12.0. The molecule has 0 amide bonds. The number of hydrogen-bond acceptors (Lipinski definition) is 3. The summed E-state index contributed by atoms with van der Waals surface area (Å²) in [7, 11) is 0. The molecule has 2 aromatic carbocycles. The quantitative estimate of drug-likeness (QED) is 0.293. The summed E-state index contributed by atoms with van der Waals surface area (Å²) in [5, 5.41) is 3.18. The number of nitrogens with zero attached hydrogens (tertiary/aromatic N) is 2. The average Bonchev–Trinajstić information content (AvgIpc) is 3.20. The molecule has 0 fully saturated rings. The highest BCUT2D eigenvalue weighted by molar-refractivity contribution is 14.0. The van der Waals surface area contributed by atoms with Crippen LogP contribution < -0.4 is 15.8 Å². The lowest BCUT2D eigenvalue weighted by atomic mass is 10.1. The fourth-order valence-corrected chi connectivity index (χ4v) is 3.37. The Kier molecular flexibility index (Phi) is 7.46. The van der Waals surface area contributed by atoms with Crippen LogP contribution in [0, 0.1) is 0 Å². The van der Waals surface area contributed by atoms with Crippen molar-refractivity contribution in [1.82, 2.24) is 4.98 Å². The molecule has 0 saturated carbocycles. The van der Waals surface area contributed by atoms with Crippen LogP contribution in [0.4, 0.5) is 5.69 Å². The Morgan fingerprint density at radius 3 is 2.69 bits per heavy atom. The Morgan fingerprint density at radius 2 is 1.83 bits per heavy atom. The van der Waals surface area contributed by atoms with Crippen molar-refractivity contribution in [2.75, 3.05) is 5.32 Å². The molecule has 29 heavy (non-hydrogen) atoms. The second-order valence-corrected chi connectivity index (χ2v) is 6.94. The fraction of sp³-hybridized carbons (Fsp3) is 0.217. The van der Waals surface area contributed by atoms with Crippen LogP contribution in [0.3, 0.4) is 0 Å². The van der Waals surface area contributed by atoms with Crippen molar-refractivity contribution >= 4 is 35.6 Å². The van der Waals surface area contributed by atoms with E-state index in [4.69, 9.17) is 10.5 Å². The van der Waals surface area contributed by atoms with Gasteiger partial charge in [-0.25, -0.2) is 9.98 Å². The molecule has 0 atom stereocenters. The van der Waals surface area contributed by atoms with E-state index in [9.17, 15) is 0 Å². The normalized spacial score (nSPS) is 12.8. The minimum absolute atomic E-state index is 0. The lowest BCUT2D eigenvalue weighted by Crippen LogP contribution is -2.22. The first-order chi connectivity index (χ1) is 13.8. The zero-order valence-electron chi connectivity index (χ0n) is 16.2. The molecule has 150 valence electrons. The molecule has 0 saturated heterocycles. The van der Waals surface area contributed by atoms with Crippen molar-refractivity contribution in [3.63, 3.8) is 0 Å². The number of fused-ring (bicyclic) bond motifs is 1. The van der Waals surface area contributed by atoms with Gasteiger partial charge in [0.15, 0.2) is 5.96 Å². The van der Waals surface area contributed by atoms with Crippen molar-refractivity contribution in [2.24, 2.45) is 10.7 Å². The highest BCUT2D eigenvalue weighted by Crippen LogP contribution is 2.24. The van der Waals surface area contributed by atoms with E-state index in [-0.39, 0.29) is 24.0 Å². The van der Waals surface area contributed by atoms with Crippen molar-refractivity contribution in [3.05, 3.63) is 89.1 Å². The maximum Gasteiger partial charge on any atom is 0.213 e. The van der Waals surface area contributed by atoms with E-state index in [0.717, 1.165) is 23.2 Å². The highest BCUT2D eigenvalue weighted by Gasteiger charge is 2.10. The summed E-state index contributed by atoms with van der Waals surface area (Å²) in [6, 6.07) is 20.3. The van der Waals surface area contributed by atoms with Crippen LogP contribution in [0.25, 0.3) is 0 Å². The molecule has 1 aliphatic carbocycles. The zero-order chi connectivity index (χ0) is 19.2. The van der Waals surface area contributed by atoms with E-state index in [1.807, 2.05) is 42.5 Å². The molecule has 4 rings (SSSR count).